The fourth-order valence-corrected chi connectivity index (χ4v) is 4.16. The van der Waals surface area contributed by atoms with Crippen molar-refractivity contribution in [2.45, 2.75) is 33.6 Å². The van der Waals surface area contributed by atoms with Gasteiger partial charge in [-0.25, -0.2) is 14.2 Å². The summed E-state index contributed by atoms with van der Waals surface area (Å²) in [5.74, 6) is -1.01. The highest BCUT2D eigenvalue weighted by Gasteiger charge is 2.35. The van der Waals surface area contributed by atoms with Crippen LogP contribution in [0.5, 0.6) is 0 Å². The molecule has 0 spiro atoms. The van der Waals surface area contributed by atoms with E-state index >= 15 is 0 Å². The minimum absolute atomic E-state index is 0.0204. The average Bonchev–Trinajstić information content (AvgIpc) is 2.67. The lowest BCUT2D eigenvalue weighted by Gasteiger charge is -2.36. The Morgan fingerprint density at radius 2 is 1.79 bits per heavy atom. The third-order valence-electron chi connectivity index (χ3n) is 5.89. The predicted molar refractivity (Wildman–Crippen MR) is 114 cm³/mol. The molecule has 1 atom stereocenters. The highest BCUT2D eigenvalue weighted by atomic mass is 19.1. The van der Waals surface area contributed by atoms with Gasteiger partial charge in [0, 0.05) is 10.9 Å². The summed E-state index contributed by atoms with van der Waals surface area (Å²) in [5, 5.41) is 10.7. The van der Waals surface area contributed by atoms with Crippen molar-refractivity contribution in [2.24, 2.45) is 11.3 Å². The number of pyridine rings is 1. The first-order valence-electron chi connectivity index (χ1n) is 9.86. The molecule has 0 fully saturated rings. The molecule has 1 aliphatic carbocycles. The lowest BCUT2D eigenvalue weighted by Crippen LogP contribution is -2.28. The van der Waals surface area contributed by atoms with E-state index in [0.717, 1.165) is 17.6 Å². The lowest BCUT2D eigenvalue weighted by molar-refractivity contribution is 0.0696. The number of nitrogens with zero attached hydrogens (tertiary/aromatic N) is 1. The van der Waals surface area contributed by atoms with Crippen LogP contribution in [-0.4, -0.2) is 16.1 Å². The van der Waals surface area contributed by atoms with Gasteiger partial charge in [0.25, 0.3) is 0 Å². The van der Waals surface area contributed by atoms with Crippen molar-refractivity contribution in [3.05, 3.63) is 76.7 Å². The quantitative estimate of drug-likeness (QED) is 0.566. The molecule has 0 unspecified atom stereocenters. The number of allylic oxidation sites excluding steroid dienone is 1. The zero-order valence-corrected chi connectivity index (χ0v) is 16.9. The second kappa shape index (κ2) is 7.11. The summed E-state index contributed by atoms with van der Waals surface area (Å²) in [6, 6.07) is 14.0. The standard InChI is InChI=1S/C25H24FNO2/c1-25(2,3)17-13-16(12-15-8-4-6-10-20(15)26)23-19(14-17)22(24(28)29)18-9-5-7-11-21(18)27-23/h4-12,17H,13-14H2,1-3H3,(H,28,29)/b16-12+/t17-/m1/s1. The molecule has 3 nitrogen and oxygen atoms in total. The molecule has 0 saturated heterocycles. The fraction of sp³-hybridized carbons (Fsp3) is 0.280. The Morgan fingerprint density at radius 3 is 2.48 bits per heavy atom. The van der Waals surface area contributed by atoms with Crippen molar-refractivity contribution >= 4 is 28.5 Å². The van der Waals surface area contributed by atoms with Crippen molar-refractivity contribution < 1.29 is 14.3 Å². The van der Waals surface area contributed by atoms with Crippen LogP contribution in [0.2, 0.25) is 0 Å². The van der Waals surface area contributed by atoms with Crippen LogP contribution < -0.4 is 0 Å². The Morgan fingerprint density at radius 1 is 1.10 bits per heavy atom. The number of carboxylic acids is 1. The topological polar surface area (TPSA) is 50.2 Å². The highest BCUT2D eigenvalue weighted by Crippen LogP contribution is 2.44. The zero-order valence-electron chi connectivity index (χ0n) is 16.9. The summed E-state index contributed by atoms with van der Waals surface area (Å²) in [6.07, 6.45) is 3.21. The largest absolute Gasteiger partial charge is 0.478 e. The molecular weight excluding hydrogens is 365 g/mol. The van der Waals surface area contributed by atoms with Gasteiger partial charge in [-0.2, -0.15) is 0 Å². The number of aromatic carboxylic acids is 1. The molecule has 2 aromatic carbocycles. The predicted octanol–water partition coefficient (Wildman–Crippen LogP) is 6.22. The molecule has 1 aromatic heterocycles. The maximum atomic E-state index is 14.4. The smallest absolute Gasteiger partial charge is 0.336 e. The molecule has 0 aliphatic heterocycles. The van der Waals surface area contributed by atoms with E-state index in [0.29, 0.717) is 34.1 Å². The second-order valence-electron chi connectivity index (χ2n) is 8.80. The van der Waals surface area contributed by atoms with Gasteiger partial charge in [0.15, 0.2) is 0 Å². The number of halogens is 1. The van der Waals surface area contributed by atoms with E-state index in [4.69, 9.17) is 4.98 Å². The number of hydrogen-bond donors (Lipinski definition) is 1. The summed E-state index contributed by atoms with van der Waals surface area (Å²) >= 11 is 0. The highest BCUT2D eigenvalue weighted by molar-refractivity contribution is 6.06. The van der Waals surface area contributed by atoms with Gasteiger partial charge in [0.05, 0.1) is 16.8 Å². The van der Waals surface area contributed by atoms with E-state index < -0.39 is 5.97 Å². The SMILES string of the molecule is CC(C)(C)[C@@H]1C/C(=C\c2ccccc2F)c2nc3ccccc3c(C(=O)O)c2C1. The van der Waals surface area contributed by atoms with Gasteiger partial charge in [0.1, 0.15) is 5.82 Å². The van der Waals surface area contributed by atoms with Crippen molar-refractivity contribution in [3.63, 3.8) is 0 Å². The first-order chi connectivity index (χ1) is 13.8. The third-order valence-corrected chi connectivity index (χ3v) is 5.89. The summed E-state index contributed by atoms with van der Waals surface area (Å²) < 4.78 is 14.4. The molecule has 29 heavy (non-hydrogen) atoms. The van der Waals surface area contributed by atoms with Gasteiger partial charge in [-0.1, -0.05) is 57.2 Å². The molecule has 0 radical (unpaired) electrons. The van der Waals surface area contributed by atoms with Gasteiger partial charge < -0.3 is 5.11 Å². The third kappa shape index (κ3) is 3.55. The summed E-state index contributed by atoms with van der Waals surface area (Å²) in [4.78, 5) is 17.1. The Labute approximate surface area is 169 Å². The van der Waals surface area contributed by atoms with Crippen molar-refractivity contribution in [1.82, 2.24) is 4.98 Å². The molecule has 4 heteroatoms. The van der Waals surface area contributed by atoms with E-state index in [2.05, 4.69) is 20.8 Å². The van der Waals surface area contributed by atoms with E-state index in [1.54, 1.807) is 18.2 Å². The summed E-state index contributed by atoms with van der Waals surface area (Å²) in [5.41, 5.74) is 3.78. The van der Waals surface area contributed by atoms with Crippen molar-refractivity contribution in [1.29, 1.82) is 0 Å². The Hall–Kier alpha value is -3.01. The number of rotatable bonds is 2. The van der Waals surface area contributed by atoms with E-state index in [-0.39, 0.29) is 17.2 Å². The van der Waals surface area contributed by atoms with Crippen LogP contribution in [0, 0.1) is 17.2 Å². The molecule has 0 bridgehead atoms. The van der Waals surface area contributed by atoms with Gasteiger partial charge >= 0.3 is 5.97 Å². The summed E-state index contributed by atoms with van der Waals surface area (Å²) in [7, 11) is 0. The molecule has 1 heterocycles. The number of carboxylic acid groups (broad SMARTS) is 1. The van der Waals surface area contributed by atoms with E-state index in [1.807, 2.05) is 30.3 Å². The van der Waals surface area contributed by atoms with Crippen LogP contribution in [-0.2, 0) is 6.42 Å². The Balaban J connectivity index is 2.02. The van der Waals surface area contributed by atoms with Gasteiger partial charge in [-0.15, -0.1) is 0 Å². The first-order valence-corrected chi connectivity index (χ1v) is 9.86. The van der Waals surface area contributed by atoms with Crippen LogP contribution in [0.25, 0.3) is 22.6 Å². The Kier molecular flexibility index (Phi) is 4.73. The van der Waals surface area contributed by atoms with E-state index in [1.165, 1.54) is 6.07 Å². The molecule has 148 valence electrons. The number of benzene rings is 2. The normalized spacial score (nSPS) is 18.1. The minimum Gasteiger partial charge on any atom is -0.478 e. The van der Waals surface area contributed by atoms with Gasteiger partial charge in [-0.05, 0) is 53.5 Å². The molecule has 1 N–H and O–H groups in total. The van der Waals surface area contributed by atoms with Crippen molar-refractivity contribution in [2.75, 3.05) is 0 Å². The molecular formula is C25H24FNO2. The molecule has 3 aromatic rings. The first kappa shape index (κ1) is 19.3. The molecule has 0 saturated carbocycles. The van der Waals surface area contributed by atoms with Crippen LogP contribution in [0.3, 0.4) is 0 Å². The van der Waals surface area contributed by atoms with Crippen LogP contribution in [0.4, 0.5) is 4.39 Å². The molecule has 1 aliphatic rings. The van der Waals surface area contributed by atoms with Crippen molar-refractivity contribution in [3.8, 4) is 0 Å². The maximum absolute atomic E-state index is 14.4. The number of fused-ring (bicyclic) bond motifs is 2. The number of hydrogen-bond acceptors (Lipinski definition) is 2. The van der Waals surface area contributed by atoms with Gasteiger partial charge in [-0.3, -0.25) is 0 Å². The minimum atomic E-state index is -0.945. The Bertz CT molecular complexity index is 1140. The second-order valence-corrected chi connectivity index (χ2v) is 8.80. The lowest BCUT2D eigenvalue weighted by atomic mass is 9.69. The number of para-hydroxylation sites is 1. The average molecular weight is 389 g/mol. The number of carbonyl (C=O) groups is 1. The summed E-state index contributed by atoms with van der Waals surface area (Å²) in [6.45, 7) is 6.49. The maximum Gasteiger partial charge on any atom is 0.336 e. The van der Waals surface area contributed by atoms with Gasteiger partial charge in [0.2, 0.25) is 0 Å². The number of aromatic nitrogens is 1. The van der Waals surface area contributed by atoms with Crippen LogP contribution in [0.1, 0.15) is 54.4 Å². The fourth-order valence-electron chi connectivity index (χ4n) is 4.16. The zero-order chi connectivity index (χ0) is 20.8. The van der Waals surface area contributed by atoms with E-state index in [9.17, 15) is 14.3 Å². The molecule has 4 rings (SSSR count). The monoisotopic (exact) mass is 389 g/mol. The van der Waals surface area contributed by atoms with Crippen LogP contribution >= 0.6 is 0 Å². The van der Waals surface area contributed by atoms with Crippen LogP contribution in [0.15, 0.2) is 48.5 Å². The molecule has 0 amide bonds.